The van der Waals surface area contributed by atoms with Crippen molar-refractivity contribution >= 4 is 34.8 Å². The van der Waals surface area contributed by atoms with Gasteiger partial charge in [0, 0.05) is 17.5 Å². The first kappa shape index (κ1) is 16.3. The van der Waals surface area contributed by atoms with E-state index in [1.54, 1.807) is 42.3 Å². The molecule has 0 aliphatic carbocycles. The summed E-state index contributed by atoms with van der Waals surface area (Å²) >= 11 is 7.30. The van der Waals surface area contributed by atoms with Crippen molar-refractivity contribution in [3.8, 4) is 5.75 Å². The minimum absolute atomic E-state index is 0.0779. The van der Waals surface area contributed by atoms with Crippen molar-refractivity contribution < 1.29 is 14.3 Å². The van der Waals surface area contributed by atoms with E-state index in [1.165, 1.54) is 11.3 Å². The van der Waals surface area contributed by atoms with Gasteiger partial charge in [0.25, 0.3) is 5.91 Å². The molecule has 7 heteroatoms. The number of halogens is 1. The summed E-state index contributed by atoms with van der Waals surface area (Å²) < 4.78 is 6.10. The molecule has 22 heavy (non-hydrogen) atoms. The van der Waals surface area contributed by atoms with Crippen LogP contribution in [-0.4, -0.2) is 30.4 Å². The molecule has 1 aromatic heterocycles. The lowest BCUT2D eigenvalue weighted by molar-refractivity contribution is -0.132. The van der Waals surface area contributed by atoms with Gasteiger partial charge in [-0.05, 0) is 36.4 Å². The summed E-state index contributed by atoms with van der Waals surface area (Å²) in [5, 5.41) is 0. The zero-order valence-electron chi connectivity index (χ0n) is 11.9. The molecule has 1 heterocycles. The molecule has 0 saturated heterocycles. The quantitative estimate of drug-likeness (QED) is 0.879. The van der Waals surface area contributed by atoms with Crippen LogP contribution in [0, 0.1) is 0 Å². The summed E-state index contributed by atoms with van der Waals surface area (Å²) in [7, 11) is 1.70. The lowest BCUT2D eigenvalue weighted by Gasteiger charge is -2.16. The highest BCUT2D eigenvalue weighted by atomic mass is 35.5. The highest BCUT2D eigenvalue weighted by Gasteiger charge is 2.11. The minimum Gasteiger partial charge on any atom is -0.484 e. The monoisotopic (exact) mass is 338 g/mol. The van der Waals surface area contributed by atoms with Gasteiger partial charge in [0.15, 0.2) is 6.61 Å². The molecule has 0 saturated carbocycles. The Labute approximate surface area is 137 Å². The maximum Gasteiger partial charge on any atom is 0.260 e. The van der Waals surface area contributed by atoms with Crippen LogP contribution >= 0.6 is 22.9 Å². The van der Waals surface area contributed by atoms with Gasteiger partial charge in [-0.3, -0.25) is 9.59 Å². The predicted octanol–water partition coefficient (Wildman–Crippen LogP) is 2.54. The summed E-state index contributed by atoms with van der Waals surface area (Å²) in [6.07, 6.45) is 0. The van der Waals surface area contributed by atoms with Crippen LogP contribution in [0.3, 0.4) is 0 Å². The number of ether oxygens (including phenoxy) is 1. The van der Waals surface area contributed by atoms with Crippen molar-refractivity contribution in [2.75, 3.05) is 13.7 Å². The second kappa shape index (κ2) is 7.29. The van der Waals surface area contributed by atoms with E-state index in [-0.39, 0.29) is 12.5 Å². The largest absolute Gasteiger partial charge is 0.484 e. The van der Waals surface area contributed by atoms with E-state index in [0.29, 0.717) is 22.2 Å². The highest BCUT2D eigenvalue weighted by Crippen LogP contribution is 2.22. The summed E-state index contributed by atoms with van der Waals surface area (Å²) in [5.41, 5.74) is 5.55. The van der Waals surface area contributed by atoms with Crippen molar-refractivity contribution in [2.24, 2.45) is 5.73 Å². The second-order valence-electron chi connectivity index (χ2n) is 4.63. The standard InChI is InChI=1S/C15H15ClN2O3S/c1-18(8-12-6-7-13(16)22-12)14(19)9-21-11-4-2-10(3-5-11)15(17)20/h2-7H,8-9H2,1H3,(H2,17,20). The molecule has 2 N–H and O–H groups in total. The van der Waals surface area contributed by atoms with E-state index in [4.69, 9.17) is 22.1 Å². The first-order valence-electron chi connectivity index (χ1n) is 6.46. The topological polar surface area (TPSA) is 72.6 Å². The Hall–Kier alpha value is -2.05. The van der Waals surface area contributed by atoms with Crippen molar-refractivity contribution in [3.63, 3.8) is 0 Å². The van der Waals surface area contributed by atoms with Gasteiger partial charge >= 0.3 is 0 Å². The Morgan fingerprint density at radius 2 is 1.91 bits per heavy atom. The molecule has 2 rings (SSSR count). The van der Waals surface area contributed by atoms with Crippen LogP contribution < -0.4 is 10.5 Å². The van der Waals surface area contributed by atoms with Crippen LogP contribution in [-0.2, 0) is 11.3 Å². The van der Waals surface area contributed by atoms with Gasteiger partial charge in [-0.15, -0.1) is 11.3 Å². The zero-order valence-corrected chi connectivity index (χ0v) is 13.5. The fraction of sp³-hybridized carbons (Fsp3) is 0.200. The van der Waals surface area contributed by atoms with Crippen molar-refractivity contribution in [1.82, 2.24) is 4.90 Å². The van der Waals surface area contributed by atoms with E-state index in [9.17, 15) is 9.59 Å². The van der Waals surface area contributed by atoms with Crippen molar-refractivity contribution in [1.29, 1.82) is 0 Å². The molecular formula is C15H15ClN2O3S. The number of rotatable bonds is 6. The van der Waals surface area contributed by atoms with E-state index >= 15 is 0 Å². The average molecular weight is 339 g/mol. The van der Waals surface area contributed by atoms with Gasteiger partial charge in [0.05, 0.1) is 10.9 Å². The van der Waals surface area contributed by atoms with Gasteiger partial charge in [-0.1, -0.05) is 11.6 Å². The lowest BCUT2D eigenvalue weighted by atomic mass is 10.2. The number of nitrogens with two attached hydrogens (primary N) is 1. The number of amides is 2. The third kappa shape index (κ3) is 4.47. The maximum absolute atomic E-state index is 12.0. The Balaban J connectivity index is 1.85. The van der Waals surface area contributed by atoms with Crippen LogP contribution in [0.4, 0.5) is 0 Å². The zero-order chi connectivity index (χ0) is 16.1. The molecule has 0 aliphatic rings. The molecule has 116 valence electrons. The highest BCUT2D eigenvalue weighted by molar-refractivity contribution is 7.16. The van der Waals surface area contributed by atoms with Crippen LogP contribution in [0.5, 0.6) is 5.75 Å². The third-order valence-corrected chi connectivity index (χ3v) is 4.16. The van der Waals surface area contributed by atoms with Gasteiger partial charge < -0.3 is 15.4 Å². The van der Waals surface area contributed by atoms with E-state index in [0.717, 1.165) is 4.88 Å². The van der Waals surface area contributed by atoms with Crippen LogP contribution in [0.2, 0.25) is 4.34 Å². The summed E-state index contributed by atoms with van der Waals surface area (Å²) in [6.45, 7) is 0.408. The molecule has 0 bridgehead atoms. The summed E-state index contributed by atoms with van der Waals surface area (Å²) in [5.74, 6) is -0.147. The van der Waals surface area contributed by atoms with E-state index in [1.807, 2.05) is 6.07 Å². The number of hydrogen-bond donors (Lipinski definition) is 1. The SMILES string of the molecule is CN(Cc1ccc(Cl)s1)C(=O)COc1ccc(C(N)=O)cc1. The fourth-order valence-electron chi connectivity index (χ4n) is 1.73. The molecule has 0 fully saturated rings. The third-order valence-electron chi connectivity index (χ3n) is 2.95. The number of hydrogen-bond acceptors (Lipinski definition) is 4. The first-order chi connectivity index (χ1) is 10.5. The number of nitrogens with zero attached hydrogens (tertiary/aromatic N) is 1. The van der Waals surface area contributed by atoms with Crippen LogP contribution in [0.1, 0.15) is 15.2 Å². The molecule has 0 radical (unpaired) electrons. The van der Waals surface area contributed by atoms with Gasteiger partial charge in [0.1, 0.15) is 5.75 Å². The molecule has 1 aromatic carbocycles. The van der Waals surface area contributed by atoms with E-state index < -0.39 is 5.91 Å². The molecular weight excluding hydrogens is 324 g/mol. The average Bonchev–Trinajstić information content (AvgIpc) is 2.90. The van der Waals surface area contributed by atoms with E-state index in [2.05, 4.69) is 0 Å². The molecule has 0 spiro atoms. The molecule has 2 amide bonds. The number of carbonyl (C=O) groups excluding carboxylic acids is 2. The number of carbonyl (C=O) groups is 2. The van der Waals surface area contributed by atoms with Crippen molar-refractivity contribution in [2.45, 2.75) is 6.54 Å². The summed E-state index contributed by atoms with van der Waals surface area (Å²) in [4.78, 5) is 25.5. The summed E-state index contributed by atoms with van der Waals surface area (Å²) in [6, 6.07) is 10.0. The van der Waals surface area contributed by atoms with Gasteiger partial charge in [0.2, 0.25) is 5.91 Å². The number of benzene rings is 1. The lowest BCUT2D eigenvalue weighted by Crippen LogP contribution is -2.30. The van der Waals surface area contributed by atoms with Gasteiger partial charge in [-0.25, -0.2) is 0 Å². The number of thiophene rings is 1. The minimum atomic E-state index is -0.503. The molecule has 0 atom stereocenters. The van der Waals surface area contributed by atoms with Crippen LogP contribution in [0.15, 0.2) is 36.4 Å². The van der Waals surface area contributed by atoms with Crippen molar-refractivity contribution in [3.05, 3.63) is 51.2 Å². The molecule has 5 nitrogen and oxygen atoms in total. The number of primary amides is 1. The van der Waals surface area contributed by atoms with Gasteiger partial charge in [-0.2, -0.15) is 0 Å². The van der Waals surface area contributed by atoms with Crippen LogP contribution in [0.25, 0.3) is 0 Å². The first-order valence-corrected chi connectivity index (χ1v) is 7.66. The predicted molar refractivity (Wildman–Crippen MR) is 86.3 cm³/mol. The second-order valence-corrected chi connectivity index (χ2v) is 6.43. The molecule has 0 unspecified atom stereocenters. The molecule has 2 aromatic rings. The normalized spacial score (nSPS) is 10.3. The Morgan fingerprint density at radius 1 is 1.23 bits per heavy atom. The number of likely N-dealkylation sites (N-methyl/N-ethyl adjacent to an activating group) is 1. The smallest absolute Gasteiger partial charge is 0.260 e. The molecule has 0 aliphatic heterocycles. The maximum atomic E-state index is 12.0. The Kier molecular flexibility index (Phi) is 5.41. The Morgan fingerprint density at radius 3 is 2.45 bits per heavy atom. The Bertz CT molecular complexity index is 670. The fourth-order valence-corrected chi connectivity index (χ4v) is 2.87.